The molecule has 2 N–H and O–H groups in total. The van der Waals surface area contributed by atoms with Crippen LogP contribution in [0.25, 0.3) is 6.08 Å². The first-order valence-electron chi connectivity index (χ1n) is 9.63. The third-order valence-electron chi connectivity index (χ3n) is 4.66. The molecule has 0 spiro atoms. The van der Waals surface area contributed by atoms with Crippen molar-refractivity contribution in [2.45, 2.75) is 24.7 Å². The van der Waals surface area contributed by atoms with E-state index in [0.717, 1.165) is 25.0 Å². The van der Waals surface area contributed by atoms with E-state index in [1.165, 1.54) is 24.3 Å². The molecule has 0 bridgehead atoms. The van der Waals surface area contributed by atoms with Gasteiger partial charge in [-0.1, -0.05) is 19.1 Å². The van der Waals surface area contributed by atoms with Gasteiger partial charge in [0, 0.05) is 31.4 Å². The molecule has 0 aromatic heterocycles. The Bertz CT molecular complexity index is 1020. The second-order valence-corrected chi connectivity index (χ2v) is 8.64. The molecule has 1 saturated heterocycles. The van der Waals surface area contributed by atoms with E-state index in [-0.39, 0.29) is 22.8 Å². The van der Waals surface area contributed by atoms with Crippen LogP contribution >= 0.6 is 0 Å². The number of nitrogens with zero attached hydrogens (tertiary/aromatic N) is 1. The highest BCUT2D eigenvalue weighted by atomic mass is 32.2. The van der Waals surface area contributed by atoms with Crippen LogP contribution in [0.3, 0.4) is 0 Å². The molecule has 160 valence electrons. The minimum atomic E-state index is -3.54. The lowest BCUT2D eigenvalue weighted by atomic mass is 10.2. The summed E-state index contributed by atoms with van der Waals surface area (Å²) in [7, 11) is -3.54. The van der Waals surface area contributed by atoms with E-state index in [9.17, 15) is 22.0 Å². The van der Waals surface area contributed by atoms with E-state index in [4.69, 9.17) is 0 Å². The Labute approximate surface area is 174 Å². The number of halogens is 2. The molecule has 2 aromatic carbocycles. The lowest BCUT2D eigenvalue weighted by molar-refractivity contribution is -0.111. The van der Waals surface area contributed by atoms with E-state index in [1.807, 2.05) is 0 Å². The molecule has 0 aliphatic carbocycles. The van der Waals surface area contributed by atoms with Gasteiger partial charge in [0.2, 0.25) is 15.9 Å². The molecule has 0 atom stereocenters. The smallest absolute Gasteiger partial charge is 0.248 e. The van der Waals surface area contributed by atoms with Gasteiger partial charge in [-0.05, 0) is 48.7 Å². The zero-order valence-corrected chi connectivity index (χ0v) is 17.3. The first kappa shape index (κ1) is 21.9. The minimum absolute atomic E-state index is 0.0229. The Morgan fingerprint density at radius 1 is 1.10 bits per heavy atom. The molecule has 1 amide bonds. The number of rotatable bonds is 7. The Morgan fingerprint density at radius 3 is 2.27 bits per heavy atom. The van der Waals surface area contributed by atoms with Gasteiger partial charge in [-0.25, -0.2) is 21.9 Å². The van der Waals surface area contributed by atoms with Crippen LogP contribution in [0.5, 0.6) is 0 Å². The Hall–Kier alpha value is -2.78. The summed E-state index contributed by atoms with van der Waals surface area (Å²) in [6, 6.07) is 8.16. The van der Waals surface area contributed by atoms with Crippen molar-refractivity contribution in [3.63, 3.8) is 0 Å². The van der Waals surface area contributed by atoms with Crippen LogP contribution in [0, 0.1) is 11.6 Å². The van der Waals surface area contributed by atoms with Gasteiger partial charge in [-0.2, -0.15) is 0 Å². The number of nitrogens with one attached hydrogen (secondary N) is 2. The highest BCUT2D eigenvalue weighted by molar-refractivity contribution is 7.89. The standard InChI is InChI=1S/C21H23F2N3O3S/c1-2-24-30(28,29)17-8-5-15(6-9-17)7-10-20(27)25-16-13-18(22)21(19(23)14-16)26-11-3-4-12-26/h5-10,13-14,24H,2-4,11-12H2,1H3,(H,25,27). The number of carbonyl (C=O) groups excluding carboxylic acids is 1. The number of carbonyl (C=O) groups is 1. The maximum absolute atomic E-state index is 14.3. The molecule has 0 unspecified atom stereocenters. The number of amides is 1. The second-order valence-electron chi connectivity index (χ2n) is 6.88. The van der Waals surface area contributed by atoms with Gasteiger partial charge < -0.3 is 10.2 Å². The molecule has 0 saturated carbocycles. The Balaban J connectivity index is 1.66. The average Bonchev–Trinajstić information content (AvgIpc) is 3.20. The summed E-state index contributed by atoms with van der Waals surface area (Å²) in [5.41, 5.74) is 0.561. The summed E-state index contributed by atoms with van der Waals surface area (Å²) in [6.45, 7) is 3.18. The number of hydrogen-bond acceptors (Lipinski definition) is 4. The van der Waals surface area contributed by atoms with Crippen molar-refractivity contribution in [3.8, 4) is 0 Å². The van der Waals surface area contributed by atoms with Gasteiger partial charge in [-0.15, -0.1) is 0 Å². The van der Waals surface area contributed by atoms with Crippen LogP contribution < -0.4 is 14.9 Å². The molecule has 2 aromatic rings. The molecular weight excluding hydrogens is 412 g/mol. The summed E-state index contributed by atoms with van der Waals surface area (Å²) >= 11 is 0. The van der Waals surface area contributed by atoms with Crippen molar-refractivity contribution in [3.05, 3.63) is 59.7 Å². The van der Waals surface area contributed by atoms with Crippen LogP contribution in [0.1, 0.15) is 25.3 Å². The van der Waals surface area contributed by atoms with Gasteiger partial charge in [0.15, 0.2) is 11.6 Å². The fraction of sp³-hybridized carbons (Fsp3) is 0.286. The van der Waals surface area contributed by atoms with Crippen molar-refractivity contribution in [1.29, 1.82) is 0 Å². The van der Waals surface area contributed by atoms with Gasteiger partial charge in [0.1, 0.15) is 5.69 Å². The maximum Gasteiger partial charge on any atom is 0.248 e. The lowest BCUT2D eigenvalue weighted by Crippen LogP contribution is -2.22. The summed E-state index contributed by atoms with van der Waals surface area (Å²) in [6.07, 6.45) is 4.47. The molecule has 1 aliphatic heterocycles. The number of benzene rings is 2. The molecule has 1 fully saturated rings. The zero-order valence-electron chi connectivity index (χ0n) is 16.5. The van der Waals surface area contributed by atoms with Crippen LogP contribution in [-0.2, 0) is 14.8 Å². The van der Waals surface area contributed by atoms with Crippen molar-refractivity contribution >= 4 is 33.4 Å². The third kappa shape index (κ3) is 5.22. The summed E-state index contributed by atoms with van der Waals surface area (Å²) in [5, 5.41) is 2.43. The first-order chi connectivity index (χ1) is 14.3. The first-order valence-corrected chi connectivity index (χ1v) is 11.1. The van der Waals surface area contributed by atoms with Gasteiger partial charge >= 0.3 is 0 Å². The third-order valence-corrected chi connectivity index (χ3v) is 6.22. The molecular formula is C21H23F2N3O3S. The summed E-state index contributed by atoms with van der Waals surface area (Å²) in [5.74, 6) is -1.99. The van der Waals surface area contributed by atoms with Crippen LogP contribution in [-0.4, -0.2) is 34.0 Å². The van der Waals surface area contributed by atoms with E-state index in [0.29, 0.717) is 18.7 Å². The van der Waals surface area contributed by atoms with Gasteiger partial charge in [-0.3, -0.25) is 4.79 Å². The Morgan fingerprint density at radius 2 is 1.70 bits per heavy atom. The summed E-state index contributed by atoms with van der Waals surface area (Å²) < 4.78 is 54.9. The minimum Gasteiger partial charge on any atom is -0.367 e. The maximum atomic E-state index is 14.3. The fourth-order valence-electron chi connectivity index (χ4n) is 3.27. The average molecular weight is 435 g/mol. The van der Waals surface area contributed by atoms with E-state index < -0.39 is 27.6 Å². The predicted molar refractivity (Wildman–Crippen MR) is 113 cm³/mol. The van der Waals surface area contributed by atoms with Crippen molar-refractivity contribution in [2.24, 2.45) is 0 Å². The highest BCUT2D eigenvalue weighted by Crippen LogP contribution is 2.29. The normalized spacial score (nSPS) is 14.4. The fourth-order valence-corrected chi connectivity index (χ4v) is 4.31. The molecule has 0 radical (unpaired) electrons. The monoisotopic (exact) mass is 435 g/mol. The SMILES string of the molecule is CCNS(=O)(=O)c1ccc(C=CC(=O)Nc2cc(F)c(N3CCCC3)c(F)c2)cc1. The molecule has 30 heavy (non-hydrogen) atoms. The van der Waals surface area contributed by atoms with Crippen molar-refractivity contribution < 1.29 is 22.0 Å². The quantitative estimate of drug-likeness (QED) is 0.653. The van der Waals surface area contributed by atoms with E-state index >= 15 is 0 Å². The molecule has 3 rings (SSSR count). The van der Waals surface area contributed by atoms with E-state index in [2.05, 4.69) is 10.0 Å². The molecule has 6 nitrogen and oxygen atoms in total. The lowest BCUT2D eigenvalue weighted by Gasteiger charge is -2.19. The van der Waals surface area contributed by atoms with Crippen molar-refractivity contribution in [2.75, 3.05) is 29.9 Å². The van der Waals surface area contributed by atoms with Gasteiger partial charge in [0.05, 0.1) is 4.90 Å². The second kappa shape index (κ2) is 9.36. The van der Waals surface area contributed by atoms with E-state index in [1.54, 1.807) is 24.0 Å². The zero-order chi connectivity index (χ0) is 21.7. The predicted octanol–water partition coefficient (Wildman–Crippen LogP) is 3.52. The van der Waals surface area contributed by atoms with Crippen LogP contribution in [0.2, 0.25) is 0 Å². The molecule has 1 heterocycles. The number of sulfonamides is 1. The van der Waals surface area contributed by atoms with Crippen LogP contribution in [0.4, 0.5) is 20.2 Å². The number of hydrogen-bond donors (Lipinski definition) is 2. The van der Waals surface area contributed by atoms with Gasteiger partial charge in [0.25, 0.3) is 0 Å². The topological polar surface area (TPSA) is 78.5 Å². The molecule has 1 aliphatic rings. The molecule has 9 heteroatoms. The summed E-state index contributed by atoms with van der Waals surface area (Å²) in [4.78, 5) is 13.9. The largest absolute Gasteiger partial charge is 0.367 e. The van der Waals surface area contributed by atoms with Crippen molar-refractivity contribution in [1.82, 2.24) is 4.72 Å². The highest BCUT2D eigenvalue weighted by Gasteiger charge is 2.21. The number of anilines is 2. The van der Waals surface area contributed by atoms with Crippen LogP contribution in [0.15, 0.2) is 47.4 Å². The Kier molecular flexibility index (Phi) is 6.84.